The van der Waals surface area contributed by atoms with E-state index in [4.69, 9.17) is 5.11 Å². The predicted molar refractivity (Wildman–Crippen MR) is 72.0 cm³/mol. The third kappa shape index (κ3) is 2.79. The van der Waals surface area contributed by atoms with Gasteiger partial charge in [-0.3, -0.25) is 4.79 Å². The lowest BCUT2D eigenvalue weighted by Gasteiger charge is -2.21. The number of carboxylic acids is 1. The highest BCUT2D eigenvalue weighted by molar-refractivity contribution is 9.10. The van der Waals surface area contributed by atoms with Gasteiger partial charge in [-0.25, -0.2) is 4.79 Å². The fourth-order valence-electron chi connectivity index (χ4n) is 2.16. The van der Waals surface area contributed by atoms with Gasteiger partial charge in [0.05, 0.1) is 6.10 Å². The summed E-state index contributed by atoms with van der Waals surface area (Å²) in [4.78, 5) is 24.6. The molecule has 1 amide bonds. The lowest BCUT2D eigenvalue weighted by molar-refractivity contribution is -0.141. The monoisotopic (exact) mass is 327 g/mol. The number of nitrogens with zero attached hydrogens (tertiary/aromatic N) is 1. The highest BCUT2D eigenvalue weighted by atomic mass is 79.9. The summed E-state index contributed by atoms with van der Waals surface area (Å²) in [7, 11) is 0. The van der Waals surface area contributed by atoms with Crippen molar-refractivity contribution in [1.82, 2.24) is 4.90 Å². The van der Waals surface area contributed by atoms with E-state index in [-0.39, 0.29) is 18.9 Å². The van der Waals surface area contributed by atoms with E-state index < -0.39 is 18.1 Å². The first-order valence-corrected chi connectivity index (χ1v) is 6.67. The largest absolute Gasteiger partial charge is 0.480 e. The first-order chi connectivity index (χ1) is 8.90. The maximum atomic E-state index is 12.3. The van der Waals surface area contributed by atoms with Crippen molar-refractivity contribution < 1.29 is 19.8 Å². The number of β-amino-alcohol motifs (C(OH)–C–C–N with tert-alkyl or cyclic N) is 1. The molecule has 2 N–H and O–H groups in total. The summed E-state index contributed by atoms with van der Waals surface area (Å²) >= 11 is 3.34. The van der Waals surface area contributed by atoms with Crippen molar-refractivity contribution in [2.45, 2.75) is 25.5 Å². The van der Waals surface area contributed by atoms with Crippen LogP contribution in [0.15, 0.2) is 22.7 Å². The number of carboxylic acid groups (broad SMARTS) is 1. The second-order valence-corrected chi connectivity index (χ2v) is 5.52. The Balaban J connectivity index is 2.27. The maximum absolute atomic E-state index is 12.3. The van der Waals surface area contributed by atoms with Crippen LogP contribution in [0.5, 0.6) is 0 Å². The molecule has 1 saturated heterocycles. The summed E-state index contributed by atoms with van der Waals surface area (Å²) in [6.07, 6.45) is -0.701. The normalized spacial score (nSPS) is 22.6. The number of carbonyl (C=O) groups excluding carboxylic acids is 1. The van der Waals surface area contributed by atoms with E-state index in [0.717, 1.165) is 10.0 Å². The molecule has 19 heavy (non-hydrogen) atoms. The fourth-order valence-corrected chi connectivity index (χ4v) is 2.54. The van der Waals surface area contributed by atoms with E-state index in [2.05, 4.69) is 15.9 Å². The number of aliphatic hydroxyl groups excluding tert-OH is 1. The average molecular weight is 328 g/mol. The number of hydrogen-bond acceptors (Lipinski definition) is 3. The number of aliphatic carboxylic acids is 1. The number of aryl methyl sites for hydroxylation is 1. The van der Waals surface area contributed by atoms with E-state index in [0.29, 0.717) is 5.56 Å². The van der Waals surface area contributed by atoms with Crippen LogP contribution in [-0.4, -0.2) is 45.7 Å². The highest BCUT2D eigenvalue weighted by Gasteiger charge is 2.39. The molecule has 1 heterocycles. The van der Waals surface area contributed by atoms with Crippen LogP contribution in [0.25, 0.3) is 0 Å². The summed E-state index contributed by atoms with van der Waals surface area (Å²) in [6.45, 7) is 1.96. The summed E-state index contributed by atoms with van der Waals surface area (Å²) in [5.41, 5.74) is 1.41. The number of carbonyl (C=O) groups is 2. The maximum Gasteiger partial charge on any atom is 0.326 e. The number of halogens is 1. The molecular weight excluding hydrogens is 314 g/mol. The van der Waals surface area contributed by atoms with Crippen molar-refractivity contribution in [3.63, 3.8) is 0 Å². The van der Waals surface area contributed by atoms with Crippen molar-refractivity contribution in [3.8, 4) is 0 Å². The quantitative estimate of drug-likeness (QED) is 0.861. The van der Waals surface area contributed by atoms with Crippen molar-refractivity contribution in [2.75, 3.05) is 6.54 Å². The van der Waals surface area contributed by atoms with Crippen LogP contribution in [0.3, 0.4) is 0 Å². The Bertz CT molecular complexity index is 531. The molecule has 0 aromatic heterocycles. The Morgan fingerprint density at radius 2 is 2.11 bits per heavy atom. The molecular formula is C13H14BrNO4. The number of benzene rings is 1. The number of aliphatic hydroxyl groups is 1. The minimum absolute atomic E-state index is 0.0568. The molecule has 1 aliphatic rings. The van der Waals surface area contributed by atoms with Crippen LogP contribution in [0.1, 0.15) is 22.3 Å². The Hall–Kier alpha value is -1.40. The molecule has 1 aromatic rings. The molecule has 1 aromatic carbocycles. The molecule has 6 heteroatoms. The zero-order chi connectivity index (χ0) is 14.2. The Labute approximate surface area is 119 Å². The summed E-state index contributed by atoms with van der Waals surface area (Å²) in [5, 5.41) is 18.6. The van der Waals surface area contributed by atoms with E-state index in [1.807, 2.05) is 6.92 Å². The SMILES string of the molecule is Cc1ccc(C(=O)N2CC(O)C[C@H]2C(=O)O)cc1Br. The minimum atomic E-state index is -1.09. The molecule has 102 valence electrons. The van der Waals surface area contributed by atoms with Crippen LogP contribution in [-0.2, 0) is 4.79 Å². The van der Waals surface area contributed by atoms with Crippen molar-refractivity contribution in [1.29, 1.82) is 0 Å². The third-order valence-electron chi connectivity index (χ3n) is 3.24. The number of amides is 1. The third-order valence-corrected chi connectivity index (χ3v) is 4.10. The molecule has 2 atom stereocenters. The Kier molecular flexibility index (Phi) is 3.91. The molecule has 2 rings (SSSR count). The van der Waals surface area contributed by atoms with Gasteiger partial charge in [0.2, 0.25) is 0 Å². The van der Waals surface area contributed by atoms with Crippen LogP contribution in [0, 0.1) is 6.92 Å². The molecule has 0 saturated carbocycles. The summed E-state index contributed by atoms with van der Waals surface area (Å²) in [6, 6.07) is 4.16. The van der Waals surface area contributed by atoms with Crippen molar-refractivity contribution in [2.24, 2.45) is 0 Å². The topological polar surface area (TPSA) is 77.8 Å². The molecule has 1 fully saturated rings. The summed E-state index contributed by atoms with van der Waals surface area (Å²) < 4.78 is 0.796. The fraction of sp³-hybridized carbons (Fsp3) is 0.385. The molecule has 0 aliphatic carbocycles. The first-order valence-electron chi connectivity index (χ1n) is 5.88. The van der Waals surface area contributed by atoms with E-state index in [1.165, 1.54) is 4.90 Å². The van der Waals surface area contributed by atoms with Gasteiger partial charge >= 0.3 is 5.97 Å². The van der Waals surface area contributed by atoms with Gasteiger partial charge in [-0.1, -0.05) is 22.0 Å². The van der Waals surface area contributed by atoms with Crippen LogP contribution < -0.4 is 0 Å². The number of rotatable bonds is 2. The molecule has 0 spiro atoms. The van der Waals surface area contributed by atoms with Gasteiger partial charge in [0, 0.05) is 23.0 Å². The van der Waals surface area contributed by atoms with Gasteiger partial charge in [0.15, 0.2) is 0 Å². The Morgan fingerprint density at radius 3 is 2.68 bits per heavy atom. The van der Waals surface area contributed by atoms with Crippen molar-refractivity contribution in [3.05, 3.63) is 33.8 Å². The zero-order valence-electron chi connectivity index (χ0n) is 10.3. The first kappa shape index (κ1) is 14.0. The van der Waals surface area contributed by atoms with Gasteiger partial charge in [-0.2, -0.15) is 0 Å². The highest BCUT2D eigenvalue weighted by Crippen LogP contribution is 2.23. The van der Waals surface area contributed by atoms with Crippen molar-refractivity contribution >= 4 is 27.8 Å². The van der Waals surface area contributed by atoms with Gasteiger partial charge < -0.3 is 15.1 Å². The summed E-state index contributed by atoms with van der Waals surface area (Å²) in [5.74, 6) is -1.46. The van der Waals surface area contributed by atoms with E-state index in [1.54, 1.807) is 18.2 Å². The van der Waals surface area contributed by atoms with Crippen LogP contribution in [0.2, 0.25) is 0 Å². The minimum Gasteiger partial charge on any atom is -0.480 e. The van der Waals surface area contributed by atoms with E-state index in [9.17, 15) is 14.7 Å². The molecule has 0 bridgehead atoms. The second kappa shape index (κ2) is 5.30. The number of likely N-dealkylation sites (tertiary alicyclic amines) is 1. The average Bonchev–Trinajstić information content (AvgIpc) is 2.74. The van der Waals surface area contributed by atoms with Crippen LogP contribution in [0.4, 0.5) is 0 Å². The van der Waals surface area contributed by atoms with Gasteiger partial charge in [0.25, 0.3) is 5.91 Å². The zero-order valence-corrected chi connectivity index (χ0v) is 11.9. The van der Waals surface area contributed by atoms with Gasteiger partial charge in [-0.15, -0.1) is 0 Å². The lowest BCUT2D eigenvalue weighted by atomic mass is 10.1. The molecule has 1 unspecified atom stereocenters. The van der Waals surface area contributed by atoms with E-state index >= 15 is 0 Å². The second-order valence-electron chi connectivity index (χ2n) is 4.67. The standard InChI is InChI=1S/C13H14BrNO4/c1-7-2-3-8(4-10(7)14)12(17)15-6-9(16)5-11(15)13(18)19/h2-4,9,11,16H,5-6H2,1H3,(H,18,19)/t9?,11-/m0/s1. The van der Waals surface area contributed by atoms with Gasteiger partial charge in [-0.05, 0) is 24.6 Å². The smallest absolute Gasteiger partial charge is 0.326 e. The predicted octanol–water partition coefficient (Wildman–Crippen LogP) is 1.42. The molecule has 0 radical (unpaired) electrons. The van der Waals surface area contributed by atoms with Gasteiger partial charge in [0.1, 0.15) is 6.04 Å². The van der Waals surface area contributed by atoms with Crippen LogP contribution >= 0.6 is 15.9 Å². The Morgan fingerprint density at radius 1 is 1.42 bits per heavy atom. The number of hydrogen-bond donors (Lipinski definition) is 2. The molecule has 1 aliphatic heterocycles. The lowest BCUT2D eigenvalue weighted by Crippen LogP contribution is -2.40. The molecule has 5 nitrogen and oxygen atoms in total.